The van der Waals surface area contributed by atoms with Gasteiger partial charge in [0.15, 0.2) is 5.96 Å². The third kappa shape index (κ3) is 6.25. The molecule has 0 amide bonds. The highest BCUT2D eigenvalue weighted by Crippen LogP contribution is 2.25. The van der Waals surface area contributed by atoms with Crippen LogP contribution in [0.5, 0.6) is 5.75 Å². The van der Waals surface area contributed by atoms with E-state index in [0.29, 0.717) is 23.3 Å². The Morgan fingerprint density at radius 2 is 2.22 bits per heavy atom. The molecule has 1 heterocycles. The summed E-state index contributed by atoms with van der Waals surface area (Å²) in [7, 11) is 1.60. The Hall–Kier alpha value is -1.50. The number of nitrogens with zero attached hydrogens (tertiary/aromatic N) is 2. The van der Waals surface area contributed by atoms with Crippen LogP contribution >= 0.6 is 11.6 Å². The highest BCUT2D eigenvalue weighted by molar-refractivity contribution is 6.32. The molecule has 0 bridgehead atoms. The average molecular weight is 341 g/mol. The normalized spacial score (nSPS) is 16.3. The number of morpholine rings is 1. The van der Waals surface area contributed by atoms with E-state index in [1.54, 1.807) is 7.11 Å². The van der Waals surface area contributed by atoms with Crippen LogP contribution in [0.4, 0.5) is 0 Å². The van der Waals surface area contributed by atoms with Crippen molar-refractivity contribution in [1.29, 1.82) is 0 Å². The van der Waals surface area contributed by atoms with E-state index in [-0.39, 0.29) is 0 Å². The summed E-state index contributed by atoms with van der Waals surface area (Å²) >= 11 is 6.09. The van der Waals surface area contributed by atoms with E-state index < -0.39 is 0 Å². The molecule has 1 fully saturated rings. The molecular formula is C16H25ClN4O2. The first-order valence-electron chi connectivity index (χ1n) is 7.85. The lowest BCUT2D eigenvalue weighted by atomic mass is 10.2. The van der Waals surface area contributed by atoms with Crippen molar-refractivity contribution in [3.8, 4) is 5.75 Å². The van der Waals surface area contributed by atoms with Crippen molar-refractivity contribution in [3.05, 3.63) is 28.8 Å². The first-order valence-corrected chi connectivity index (χ1v) is 8.23. The molecule has 7 heteroatoms. The van der Waals surface area contributed by atoms with Gasteiger partial charge < -0.3 is 20.5 Å². The largest absolute Gasteiger partial charge is 0.495 e. The molecule has 1 aromatic carbocycles. The molecule has 3 N–H and O–H groups in total. The van der Waals surface area contributed by atoms with Gasteiger partial charge in [0.25, 0.3) is 0 Å². The van der Waals surface area contributed by atoms with E-state index in [1.807, 2.05) is 18.2 Å². The van der Waals surface area contributed by atoms with E-state index >= 15 is 0 Å². The minimum Gasteiger partial charge on any atom is -0.495 e. The number of guanidine groups is 1. The molecule has 6 nitrogen and oxygen atoms in total. The molecular weight excluding hydrogens is 316 g/mol. The third-order valence-corrected chi connectivity index (χ3v) is 4.00. The molecule has 128 valence electrons. The zero-order valence-electron chi connectivity index (χ0n) is 13.6. The van der Waals surface area contributed by atoms with Gasteiger partial charge in [-0.3, -0.25) is 4.90 Å². The lowest BCUT2D eigenvalue weighted by Gasteiger charge is -2.26. The fourth-order valence-electron chi connectivity index (χ4n) is 2.38. The average Bonchev–Trinajstić information content (AvgIpc) is 2.58. The molecule has 1 saturated heterocycles. The smallest absolute Gasteiger partial charge is 0.188 e. The summed E-state index contributed by atoms with van der Waals surface area (Å²) < 4.78 is 10.5. The van der Waals surface area contributed by atoms with Gasteiger partial charge in [-0.2, -0.15) is 0 Å². The van der Waals surface area contributed by atoms with Gasteiger partial charge in [0, 0.05) is 19.6 Å². The predicted octanol–water partition coefficient (Wildman–Crippen LogP) is 1.48. The molecule has 0 saturated carbocycles. The van der Waals surface area contributed by atoms with Crippen molar-refractivity contribution in [2.24, 2.45) is 10.7 Å². The summed E-state index contributed by atoms with van der Waals surface area (Å²) in [5.74, 6) is 1.12. The molecule has 1 aliphatic rings. The van der Waals surface area contributed by atoms with E-state index in [4.69, 9.17) is 26.8 Å². The highest BCUT2D eigenvalue weighted by Gasteiger charge is 2.09. The summed E-state index contributed by atoms with van der Waals surface area (Å²) in [6.07, 6.45) is 1.03. The first kappa shape index (κ1) is 17.8. The van der Waals surface area contributed by atoms with Gasteiger partial charge in [-0.15, -0.1) is 0 Å². The van der Waals surface area contributed by atoms with Crippen LogP contribution in [0, 0.1) is 0 Å². The molecule has 0 aromatic heterocycles. The van der Waals surface area contributed by atoms with Crippen LogP contribution in [-0.2, 0) is 11.3 Å². The van der Waals surface area contributed by atoms with Crippen LogP contribution in [0.2, 0.25) is 5.02 Å². The van der Waals surface area contributed by atoms with Crippen molar-refractivity contribution in [1.82, 2.24) is 10.2 Å². The lowest BCUT2D eigenvalue weighted by Crippen LogP contribution is -2.39. The summed E-state index contributed by atoms with van der Waals surface area (Å²) in [6, 6.07) is 5.61. The molecule has 1 aliphatic heterocycles. The van der Waals surface area contributed by atoms with E-state index in [0.717, 1.165) is 51.4 Å². The zero-order valence-corrected chi connectivity index (χ0v) is 14.3. The molecule has 2 rings (SSSR count). The van der Waals surface area contributed by atoms with Crippen LogP contribution in [0.25, 0.3) is 0 Å². The number of methoxy groups -OCH3 is 1. The molecule has 1 aromatic rings. The topological polar surface area (TPSA) is 72.1 Å². The van der Waals surface area contributed by atoms with Crippen molar-refractivity contribution in [2.45, 2.75) is 13.0 Å². The molecule has 0 spiro atoms. The fraction of sp³-hybridized carbons (Fsp3) is 0.562. The fourth-order valence-corrected chi connectivity index (χ4v) is 2.66. The summed E-state index contributed by atoms with van der Waals surface area (Å²) in [4.78, 5) is 6.73. The Bertz CT molecular complexity index is 519. The van der Waals surface area contributed by atoms with E-state index in [2.05, 4.69) is 15.2 Å². The zero-order chi connectivity index (χ0) is 16.5. The van der Waals surface area contributed by atoms with Gasteiger partial charge in [0.1, 0.15) is 5.75 Å². The Morgan fingerprint density at radius 3 is 2.91 bits per heavy atom. The summed E-state index contributed by atoms with van der Waals surface area (Å²) in [5, 5.41) is 3.72. The van der Waals surface area contributed by atoms with Crippen LogP contribution in [0.1, 0.15) is 12.0 Å². The van der Waals surface area contributed by atoms with Crippen LogP contribution < -0.4 is 15.8 Å². The number of aliphatic imine (C=N–C) groups is 1. The minimum absolute atomic E-state index is 0.457. The lowest BCUT2D eigenvalue weighted by molar-refractivity contribution is 0.0376. The van der Waals surface area contributed by atoms with Gasteiger partial charge in [0.2, 0.25) is 0 Å². The first-order chi connectivity index (χ1) is 11.2. The Kier molecular flexibility index (Phi) is 7.45. The molecule has 23 heavy (non-hydrogen) atoms. The molecule has 0 atom stereocenters. The second kappa shape index (κ2) is 9.60. The van der Waals surface area contributed by atoms with Crippen LogP contribution in [0.15, 0.2) is 23.2 Å². The van der Waals surface area contributed by atoms with Crippen molar-refractivity contribution in [2.75, 3.05) is 46.5 Å². The number of hydrogen-bond donors (Lipinski definition) is 2. The number of benzene rings is 1. The third-order valence-electron chi connectivity index (χ3n) is 3.71. The number of ether oxygens (including phenoxy) is 2. The number of hydrogen-bond acceptors (Lipinski definition) is 4. The van der Waals surface area contributed by atoms with E-state index in [9.17, 15) is 0 Å². The van der Waals surface area contributed by atoms with Gasteiger partial charge in [0.05, 0.1) is 31.9 Å². The maximum atomic E-state index is 6.09. The number of halogens is 1. The van der Waals surface area contributed by atoms with Crippen molar-refractivity contribution < 1.29 is 9.47 Å². The maximum Gasteiger partial charge on any atom is 0.188 e. The van der Waals surface area contributed by atoms with Gasteiger partial charge in [-0.25, -0.2) is 4.99 Å². The predicted molar refractivity (Wildman–Crippen MR) is 93.2 cm³/mol. The summed E-state index contributed by atoms with van der Waals surface area (Å²) in [6.45, 7) is 6.06. The van der Waals surface area contributed by atoms with E-state index in [1.165, 1.54) is 0 Å². The van der Waals surface area contributed by atoms with Crippen molar-refractivity contribution in [3.63, 3.8) is 0 Å². The molecule has 0 unspecified atom stereocenters. The van der Waals surface area contributed by atoms with Crippen LogP contribution in [0.3, 0.4) is 0 Å². The second-order valence-electron chi connectivity index (χ2n) is 5.40. The Balaban J connectivity index is 1.67. The molecule has 0 aliphatic carbocycles. The standard InChI is InChI=1S/C16H25ClN4O2/c1-22-15-4-3-13(11-14(15)17)12-20-16(18)19-5-2-6-21-7-9-23-10-8-21/h3-4,11H,2,5-10,12H2,1H3,(H3,18,19,20). The van der Waals surface area contributed by atoms with Gasteiger partial charge in [-0.1, -0.05) is 17.7 Å². The number of nitrogens with two attached hydrogens (primary N) is 1. The van der Waals surface area contributed by atoms with Crippen LogP contribution in [-0.4, -0.2) is 57.4 Å². The number of nitrogens with one attached hydrogen (secondary N) is 1. The highest BCUT2D eigenvalue weighted by atomic mass is 35.5. The Labute approximate surface area is 142 Å². The maximum absolute atomic E-state index is 6.09. The quantitative estimate of drug-likeness (QED) is 0.447. The monoisotopic (exact) mass is 340 g/mol. The summed E-state index contributed by atoms with van der Waals surface area (Å²) in [5.41, 5.74) is 6.88. The molecule has 0 radical (unpaired) electrons. The SMILES string of the molecule is COc1ccc(CN=C(N)NCCCN2CCOCC2)cc1Cl. The van der Waals surface area contributed by atoms with Gasteiger partial charge in [-0.05, 0) is 30.7 Å². The Morgan fingerprint density at radius 1 is 1.43 bits per heavy atom. The number of rotatable bonds is 7. The minimum atomic E-state index is 0.457. The van der Waals surface area contributed by atoms with Crippen molar-refractivity contribution >= 4 is 17.6 Å². The van der Waals surface area contributed by atoms with Gasteiger partial charge >= 0.3 is 0 Å². The second-order valence-corrected chi connectivity index (χ2v) is 5.81.